The van der Waals surface area contributed by atoms with Crippen molar-refractivity contribution >= 4 is 0 Å². The van der Waals surface area contributed by atoms with Crippen LogP contribution in [0.4, 0.5) is 0 Å². The van der Waals surface area contributed by atoms with Gasteiger partial charge in [0.05, 0.1) is 6.10 Å². The highest BCUT2D eigenvalue weighted by Crippen LogP contribution is 2.24. The Kier molecular flexibility index (Phi) is 3.10. The van der Waals surface area contributed by atoms with E-state index in [0.717, 1.165) is 12.6 Å². The SMILES string of the molecule is COC1CC2CN(C(C)C)CCN2C1. The second-order valence-corrected chi connectivity index (χ2v) is 4.83. The average Bonchev–Trinajstić information content (AvgIpc) is 2.58. The van der Waals surface area contributed by atoms with Gasteiger partial charge in [0.15, 0.2) is 0 Å². The van der Waals surface area contributed by atoms with Gasteiger partial charge < -0.3 is 4.74 Å². The fourth-order valence-electron chi connectivity index (χ4n) is 2.66. The molecule has 0 saturated carbocycles. The molecule has 2 aliphatic heterocycles. The number of nitrogens with zero attached hydrogens (tertiary/aromatic N) is 2. The van der Waals surface area contributed by atoms with E-state index in [1.54, 1.807) is 0 Å². The number of hydrogen-bond acceptors (Lipinski definition) is 3. The molecule has 0 aromatic heterocycles. The van der Waals surface area contributed by atoms with Crippen LogP contribution >= 0.6 is 0 Å². The maximum absolute atomic E-state index is 5.44. The van der Waals surface area contributed by atoms with Crippen molar-refractivity contribution in [2.75, 3.05) is 33.3 Å². The third-order valence-corrected chi connectivity index (χ3v) is 3.67. The first-order valence-electron chi connectivity index (χ1n) is 5.71. The van der Waals surface area contributed by atoms with E-state index in [9.17, 15) is 0 Å². The normalized spacial score (nSPS) is 35.1. The van der Waals surface area contributed by atoms with Crippen LogP contribution in [0.5, 0.6) is 0 Å². The maximum Gasteiger partial charge on any atom is 0.0713 e. The van der Waals surface area contributed by atoms with Crippen molar-refractivity contribution in [3.63, 3.8) is 0 Å². The molecule has 2 saturated heterocycles. The van der Waals surface area contributed by atoms with Gasteiger partial charge in [-0.25, -0.2) is 0 Å². The van der Waals surface area contributed by atoms with Gasteiger partial charge >= 0.3 is 0 Å². The van der Waals surface area contributed by atoms with Crippen LogP contribution in [-0.4, -0.2) is 61.3 Å². The Labute approximate surface area is 87.0 Å². The Bertz CT molecular complexity index is 196. The second kappa shape index (κ2) is 4.17. The minimum Gasteiger partial charge on any atom is -0.380 e. The molecular weight excluding hydrogens is 176 g/mol. The van der Waals surface area contributed by atoms with E-state index in [1.165, 1.54) is 26.1 Å². The van der Waals surface area contributed by atoms with Crippen LogP contribution in [0.25, 0.3) is 0 Å². The molecule has 2 heterocycles. The molecule has 0 spiro atoms. The van der Waals surface area contributed by atoms with Crippen molar-refractivity contribution in [3.8, 4) is 0 Å². The van der Waals surface area contributed by atoms with E-state index in [1.807, 2.05) is 7.11 Å². The minimum absolute atomic E-state index is 0.479. The zero-order chi connectivity index (χ0) is 10.1. The predicted octanol–water partition coefficient (Wildman–Crippen LogP) is 0.800. The lowest BCUT2D eigenvalue weighted by molar-refractivity contribution is 0.0786. The Morgan fingerprint density at radius 1 is 1.21 bits per heavy atom. The molecule has 0 aromatic rings. The van der Waals surface area contributed by atoms with E-state index in [0.29, 0.717) is 12.1 Å². The predicted molar refractivity (Wildman–Crippen MR) is 57.5 cm³/mol. The number of rotatable bonds is 2. The van der Waals surface area contributed by atoms with Crippen LogP contribution in [0.1, 0.15) is 20.3 Å². The monoisotopic (exact) mass is 198 g/mol. The largest absolute Gasteiger partial charge is 0.380 e. The molecule has 2 atom stereocenters. The van der Waals surface area contributed by atoms with E-state index in [-0.39, 0.29) is 0 Å². The standard InChI is InChI=1S/C11H22N2O/c1-9(2)12-4-5-13-8-11(14-3)6-10(13)7-12/h9-11H,4-8H2,1-3H3. The maximum atomic E-state index is 5.44. The van der Waals surface area contributed by atoms with Gasteiger partial charge in [0.25, 0.3) is 0 Å². The van der Waals surface area contributed by atoms with E-state index < -0.39 is 0 Å². The van der Waals surface area contributed by atoms with Gasteiger partial charge in [0.1, 0.15) is 0 Å². The molecule has 0 bridgehead atoms. The summed E-state index contributed by atoms with van der Waals surface area (Å²) in [5.41, 5.74) is 0. The Hall–Kier alpha value is -0.120. The molecule has 2 rings (SSSR count). The van der Waals surface area contributed by atoms with Crippen molar-refractivity contribution in [2.45, 2.75) is 38.5 Å². The summed E-state index contributed by atoms with van der Waals surface area (Å²) in [6.07, 6.45) is 1.70. The highest BCUT2D eigenvalue weighted by atomic mass is 16.5. The van der Waals surface area contributed by atoms with Gasteiger partial charge in [-0.05, 0) is 20.3 Å². The third-order valence-electron chi connectivity index (χ3n) is 3.67. The van der Waals surface area contributed by atoms with Crippen molar-refractivity contribution in [1.29, 1.82) is 0 Å². The van der Waals surface area contributed by atoms with Gasteiger partial charge in [0, 0.05) is 45.4 Å². The molecule has 0 N–H and O–H groups in total. The lowest BCUT2D eigenvalue weighted by atomic mass is 10.1. The molecule has 3 nitrogen and oxygen atoms in total. The summed E-state index contributed by atoms with van der Waals surface area (Å²) in [5, 5.41) is 0. The minimum atomic E-state index is 0.479. The van der Waals surface area contributed by atoms with Crippen molar-refractivity contribution < 1.29 is 4.74 Å². The Morgan fingerprint density at radius 3 is 2.64 bits per heavy atom. The topological polar surface area (TPSA) is 15.7 Å². The van der Waals surface area contributed by atoms with Crippen LogP contribution in [0.2, 0.25) is 0 Å². The summed E-state index contributed by atoms with van der Waals surface area (Å²) >= 11 is 0. The van der Waals surface area contributed by atoms with Crippen LogP contribution in [0.3, 0.4) is 0 Å². The smallest absolute Gasteiger partial charge is 0.0713 e. The molecule has 3 heteroatoms. The number of methoxy groups -OCH3 is 1. The zero-order valence-corrected chi connectivity index (χ0v) is 9.57. The fraction of sp³-hybridized carbons (Fsp3) is 1.00. The molecule has 0 aliphatic carbocycles. The number of ether oxygens (including phenoxy) is 1. The van der Waals surface area contributed by atoms with Crippen LogP contribution in [0, 0.1) is 0 Å². The van der Waals surface area contributed by atoms with Crippen LogP contribution in [-0.2, 0) is 4.74 Å². The highest BCUT2D eigenvalue weighted by molar-refractivity contribution is 4.92. The Balaban J connectivity index is 1.91. The summed E-state index contributed by atoms with van der Waals surface area (Å²) in [4.78, 5) is 5.17. The van der Waals surface area contributed by atoms with E-state index in [2.05, 4.69) is 23.6 Å². The molecule has 0 amide bonds. The zero-order valence-electron chi connectivity index (χ0n) is 9.57. The average molecular weight is 198 g/mol. The van der Waals surface area contributed by atoms with Gasteiger partial charge in [-0.1, -0.05) is 0 Å². The summed E-state index contributed by atoms with van der Waals surface area (Å²) in [6.45, 7) is 9.41. The molecular formula is C11H22N2O. The molecule has 14 heavy (non-hydrogen) atoms. The number of hydrogen-bond donors (Lipinski definition) is 0. The van der Waals surface area contributed by atoms with Crippen molar-refractivity contribution in [2.24, 2.45) is 0 Å². The van der Waals surface area contributed by atoms with Gasteiger partial charge in [0.2, 0.25) is 0 Å². The molecule has 2 unspecified atom stereocenters. The number of fused-ring (bicyclic) bond motifs is 1. The molecule has 0 radical (unpaired) electrons. The first-order valence-corrected chi connectivity index (χ1v) is 5.71. The molecule has 0 aromatic carbocycles. The molecule has 2 fully saturated rings. The Morgan fingerprint density at radius 2 is 2.00 bits per heavy atom. The summed E-state index contributed by atoms with van der Waals surface area (Å²) in [5.74, 6) is 0. The van der Waals surface area contributed by atoms with E-state index >= 15 is 0 Å². The van der Waals surface area contributed by atoms with Crippen LogP contribution in [0.15, 0.2) is 0 Å². The van der Waals surface area contributed by atoms with Gasteiger partial charge in [-0.2, -0.15) is 0 Å². The summed E-state index contributed by atoms with van der Waals surface area (Å²) in [7, 11) is 1.84. The van der Waals surface area contributed by atoms with Crippen LogP contribution < -0.4 is 0 Å². The lowest BCUT2D eigenvalue weighted by Gasteiger charge is -2.39. The second-order valence-electron chi connectivity index (χ2n) is 4.83. The lowest BCUT2D eigenvalue weighted by Crippen LogP contribution is -2.52. The van der Waals surface area contributed by atoms with Gasteiger partial charge in [-0.15, -0.1) is 0 Å². The molecule has 82 valence electrons. The molecule has 2 aliphatic rings. The summed E-state index contributed by atoms with van der Waals surface area (Å²) in [6, 6.07) is 1.44. The first-order chi connectivity index (χ1) is 6.70. The van der Waals surface area contributed by atoms with Crippen molar-refractivity contribution in [1.82, 2.24) is 9.80 Å². The van der Waals surface area contributed by atoms with Crippen molar-refractivity contribution in [3.05, 3.63) is 0 Å². The highest BCUT2D eigenvalue weighted by Gasteiger charge is 2.36. The first kappa shape index (κ1) is 10.4. The van der Waals surface area contributed by atoms with E-state index in [4.69, 9.17) is 4.74 Å². The quantitative estimate of drug-likeness (QED) is 0.653. The number of piperazine rings is 1. The van der Waals surface area contributed by atoms with Gasteiger partial charge in [-0.3, -0.25) is 9.80 Å². The summed E-state index contributed by atoms with van der Waals surface area (Å²) < 4.78 is 5.44. The fourth-order valence-corrected chi connectivity index (χ4v) is 2.66. The third kappa shape index (κ3) is 1.95.